The third-order valence-corrected chi connectivity index (χ3v) is 5.75. The highest BCUT2D eigenvalue weighted by Crippen LogP contribution is 2.35. The molecule has 1 unspecified atom stereocenters. The molecule has 3 aromatic rings. The number of hydrogen-bond acceptors (Lipinski definition) is 5. The van der Waals surface area contributed by atoms with E-state index in [9.17, 15) is 18.0 Å². The molecule has 0 saturated carbocycles. The molecule has 0 radical (unpaired) electrons. The van der Waals surface area contributed by atoms with Gasteiger partial charge in [0.15, 0.2) is 11.5 Å². The Balaban J connectivity index is 1.37. The molecule has 1 N–H and O–H groups in total. The number of carbonyl (C=O) groups excluding carboxylic acids is 1. The molecule has 5 rings (SSSR count). The van der Waals surface area contributed by atoms with E-state index < -0.39 is 6.36 Å². The number of alkyl halides is 3. The molecule has 9 heteroatoms. The van der Waals surface area contributed by atoms with Crippen LogP contribution in [0.15, 0.2) is 40.8 Å². The van der Waals surface area contributed by atoms with Crippen molar-refractivity contribution < 1.29 is 27.1 Å². The van der Waals surface area contributed by atoms with E-state index >= 15 is 0 Å². The van der Waals surface area contributed by atoms with Crippen molar-refractivity contribution in [2.45, 2.75) is 38.2 Å². The highest BCUT2D eigenvalue weighted by atomic mass is 19.4. The third-order valence-electron chi connectivity index (χ3n) is 5.75. The van der Waals surface area contributed by atoms with Crippen molar-refractivity contribution in [2.75, 3.05) is 13.1 Å². The molecule has 2 aliphatic heterocycles. The Hall–Kier alpha value is -3.07. The summed E-state index contributed by atoms with van der Waals surface area (Å²) in [6.07, 6.45) is -2.72. The maximum Gasteiger partial charge on any atom is 0.573 e. The van der Waals surface area contributed by atoms with Crippen LogP contribution >= 0.6 is 0 Å². The fraction of sp³-hybridized carbons (Fsp3) is 0.364. The molecule has 0 aliphatic carbocycles. The number of ether oxygens (including phenoxy) is 1. The third kappa shape index (κ3) is 3.97. The van der Waals surface area contributed by atoms with Crippen LogP contribution in [0.25, 0.3) is 11.1 Å². The SMILES string of the molecule is O=C(c1ccc2nc(C3CCCNC3)oc2c1)N1Cc2cccc(OC(F)(F)F)c2C1. The number of halogens is 3. The molecular weight excluding hydrogens is 411 g/mol. The molecule has 0 bridgehead atoms. The van der Waals surface area contributed by atoms with Crippen LogP contribution in [-0.2, 0) is 13.1 Å². The van der Waals surface area contributed by atoms with Gasteiger partial charge in [-0.1, -0.05) is 12.1 Å². The molecule has 162 valence electrons. The van der Waals surface area contributed by atoms with Gasteiger partial charge in [0, 0.05) is 30.1 Å². The second kappa shape index (κ2) is 7.56. The first-order chi connectivity index (χ1) is 14.9. The zero-order valence-electron chi connectivity index (χ0n) is 16.5. The van der Waals surface area contributed by atoms with Gasteiger partial charge in [-0.05, 0) is 49.2 Å². The average molecular weight is 431 g/mol. The van der Waals surface area contributed by atoms with Gasteiger partial charge in [-0.3, -0.25) is 4.79 Å². The fourth-order valence-corrected chi connectivity index (χ4v) is 4.25. The predicted molar refractivity (Wildman–Crippen MR) is 106 cm³/mol. The molecule has 1 amide bonds. The minimum Gasteiger partial charge on any atom is -0.440 e. The number of aromatic nitrogens is 1. The van der Waals surface area contributed by atoms with Gasteiger partial charge in [-0.15, -0.1) is 13.2 Å². The summed E-state index contributed by atoms with van der Waals surface area (Å²) in [6, 6.07) is 9.54. The van der Waals surface area contributed by atoms with Crippen LogP contribution < -0.4 is 10.1 Å². The number of hydrogen-bond donors (Lipinski definition) is 1. The van der Waals surface area contributed by atoms with E-state index in [1.165, 1.54) is 17.0 Å². The van der Waals surface area contributed by atoms with Crippen molar-refractivity contribution in [3.8, 4) is 5.75 Å². The van der Waals surface area contributed by atoms with Crippen LogP contribution in [0.2, 0.25) is 0 Å². The molecule has 1 atom stereocenters. The summed E-state index contributed by atoms with van der Waals surface area (Å²) in [5, 5.41) is 3.33. The van der Waals surface area contributed by atoms with E-state index in [-0.39, 0.29) is 30.7 Å². The quantitative estimate of drug-likeness (QED) is 0.668. The molecule has 6 nitrogen and oxygen atoms in total. The van der Waals surface area contributed by atoms with Gasteiger partial charge in [-0.25, -0.2) is 4.98 Å². The summed E-state index contributed by atoms with van der Waals surface area (Å²) in [7, 11) is 0. The number of oxazole rings is 1. The Kier molecular flexibility index (Phi) is 4.85. The predicted octanol–water partition coefficient (Wildman–Crippen LogP) is 4.35. The molecule has 1 fully saturated rings. The Labute approximate surface area is 176 Å². The van der Waals surface area contributed by atoms with Crippen LogP contribution in [0.3, 0.4) is 0 Å². The Bertz CT molecular complexity index is 1140. The lowest BCUT2D eigenvalue weighted by Crippen LogP contribution is -2.28. The van der Waals surface area contributed by atoms with Crippen molar-refractivity contribution in [1.29, 1.82) is 0 Å². The normalized spacial score (nSPS) is 18.9. The van der Waals surface area contributed by atoms with Crippen LogP contribution in [-0.4, -0.2) is 35.2 Å². The first kappa shape index (κ1) is 19.9. The van der Waals surface area contributed by atoms with Crippen molar-refractivity contribution in [1.82, 2.24) is 15.2 Å². The van der Waals surface area contributed by atoms with Gasteiger partial charge in [0.1, 0.15) is 11.3 Å². The van der Waals surface area contributed by atoms with Gasteiger partial charge < -0.3 is 19.4 Å². The lowest BCUT2D eigenvalue weighted by molar-refractivity contribution is -0.274. The van der Waals surface area contributed by atoms with E-state index in [0.29, 0.717) is 33.7 Å². The standard InChI is InChI=1S/C22H20F3N3O3/c23-22(24,25)31-18-5-1-3-15-11-28(12-16(15)18)21(29)13-6-7-17-19(9-13)30-20(27-17)14-4-2-8-26-10-14/h1,3,5-7,9,14,26H,2,4,8,10-12H2. The molecule has 3 heterocycles. The number of nitrogens with zero attached hydrogens (tertiary/aromatic N) is 2. The van der Waals surface area contributed by atoms with Crippen LogP contribution in [0.1, 0.15) is 46.1 Å². The second-order valence-electron chi connectivity index (χ2n) is 7.88. The molecule has 31 heavy (non-hydrogen) atoms. The molecule has 2 aromatic carbocycles. The monoisotopic (exact) mass is 431 g/mol. The van der Waals surface area contributed by atoms with Crippen LogP contribution in [0.4, 0.5) is 13.2 Å². The number of amides is 1. The number of benzene rings is 2. The molecular formula is C22H20F3N3O3. The molecule has 0 spiro atoms. The van der Waals surface area contributed by atoms with Crippen molar-refractivity contribution >= 4 is 17.0 Å². The zero-order valence-corrected chi connectivity index (χ0v) is 16.5. The van der Waals surface area contributed by atoms with E-state index in [0.717, 1.165) is 25.9 Å². The first-order valence-electron chi connectivity index (χ1n) is 10.1. The summed E-state index contributed by atoms with van der Waals surface area (Å²) >= 11 is 0. The molecule has 2 aliphatic rings. The van der Waals surface area contributed by atoms with E-state index in [4.69, 9.17) is 4.42 Å². The zero-order chi connectivity index (χ0) is 21.6. The smallest absolute Gasteiger partial charge is 0.440 e. The largest absolute Gasteiger partial charge is 0.573 e. The highest BCUT2D eigenvalue weighted by molar-refractivity contribution is 5.97. The summed E-state index contributed by atoms with van der Waals surface area (Å²) in [6.45, 7) is 2.07. The van der Waals surface area contributed by atoms with E-state index in [1.807, 2.05) is 0 Å². The first-order valence-corrected chi connectivity index (χ1v) is 10.1. The summed E-state index contributed by atoms with van der Waals surface area (Å²) < 4.78 is 48.1. The topological polar surface area (TPSA) is 67.6 Å². The van der Waals surface area contributed by atoms with Crippen LogP contribution in [0.5, 0.6) is 5.75 Å². The van der Waals surface area contributed by atoms with E-state index in [2.05, 4.69) is 15.0 Å². The minimum absolute atomic E-state index is 0.0495. The Morgan fingerprint density at radius 1 is 1.23 bits per heavy atom. The summed E-state index contributed by atoms with van der Waals surface area (Å²) in [5.74, 6) is 0.319. The molecule has 1 saturated heterocycles. The number of rotatable bonds is 3. The van der Waals surface area contributed by atoms with Gasteiger partial charge in [0.05, 0.1) is 6.54 Å². The Morgan fingerprint density at radius 2 is 2.10 bits per heavy atom. The lowest BCUT2D eigenvalue weighted by atomic mass is 10.00. The van der Waals surface area contributed by atoms with Crippen molar-refractivity contribution in [3.63, 3.8) is 0 Å². The van der Waals surface area contributed by atoms with Crippen molar-refractivity contribution in [2.24, 2.45) is 0 Å². The number of nitrogens with one attached hydrogen (secondary N) is 1. The lowest BCUT2D eigenvalue weighted by Gasteiger charge is -2.19. The van der Waals surface area contributed by atoms with Crippen molar-refractivity contribution in [3.05, 3.63) is 59.0 Å². The second-order valence-corrected chi connectivity index (χ2v) is 7.88. The maximum atomic E-state index is 13.1. The summed E-state index contributed by atoms with van der Waals surface area (Å²) in [4.78, 5) is 19.1. The number of fused-ring (bicyclic) bond motifs is 2. The molecule has 1 aromatic heterocycles. The number of piperidine rings is 1. The van der Waals surface area contributed by atoms with Gasteiger partial charge in [-0.2, -0.15) is 0 Å². The van der Waals surface area contributed by atoms with E-state index in [1.54, 1.807) is 24.3 Å². The van der Waals surface area contributed by atoms with Gasteiger partial charge in [0.2, 0.25) is 0 Å². The maximum absolute atomic E-state index is 13.1. The fourth-order valence-electron chi connectivity index (χ4n) is 4.25. The number of carbonyl (C=O) groups is 1. The minimum atomic E-state index is -4.78. The Morgan fingerprint density at radius 3 is 2.87 bits per heavy atom. The van der Waals surface area contributed by atoms with Gasteiger partial charge in [0.25, 0.3) is 5.91 Å². The summed E-state index contributed by atoms with van der Waals surface area (Å²) in [5.41, 5.74) is 2.64. The van der Waals surface area contributed by atoms with Crippen LogP contribution in [0, 0.1) is 0 Å². The highest BCUT2D eigenvalue weighted by Gasteiger charge is 2.35. The average Bonchev–Trinajstić information content (AvgIpc) is 3.37. The van der Waals surface area contributed by atoms with Gasteiger partial charge >= 0.3 is 6.36 Å².